The first-order valence-corrected chi connectivity index (χ1v) is 5.29. The van der Waals surface area contributed by atoms with Gasteiger partial charge in [0.05, 0.1) is 0 Å². The van der Waals surface area contributed by atoms with E-state index in [9.17, 15) is 4.39 Å². The van der Waals surface area contributed by atoms with Crippen molar-refractivity contribution in [2.45, 2.75) is 24.9 Å². The van der Waals surface area contributed by atoms with Gasteiger partial charge >= 0.3 is 0 Å². The molecule has 0 unspecified atom stereocenters. The lowest BCUT2D eigenvalue weighted by Gasteiger charge is -2.29. The fourth-order valence-electron chi connectivity index (χ4n) is 1.98. The van der Waals surface area contributed by atoms with Crippen LogP contribution in [-0.4, -0.2) is 18.9 Å². The quantitative estimate of drug-likeness (QED) is 0.759. The summed E-state index contributed by atoms with van der Waals surface area (Å²) in [6.07, 6.45) is 1.42. The molecule has 1 saturated heterocycles. The first-order valence-electron chi connectivity index (χ1n) is 5.29. The summed E-state index contributed by atoms with van der Waals surface area (Å²) in [7, 11) is 0. The number of alkyl halides is 1. The Labute approximate surface area is 89.2 Å². The number of rotatable bonds is 2. The molecule has 0 amide bonds. The molecule has 0 aliphatic carbocycles. The second-order valence-corrected chi connectivity index (χ2v) is 4.19. The Morgan fingerprint density at radius 2 is 2.07 bits per heavy atom. The minimum Gasteiger partial charge on any atom is -0.399 e. The van der Waals surface area contributed by atoms with Crippen LogP contribution in [0.15, 0.2) is 24.3 Å². The number of nitrogen functional groups attached to an aromatic ring is 1. The smallest absolute Gasteiger partial charge is 0.119 e. The second kappa shape index (κ2) is 4.19. The van der Waals surface area contributed by atoms with E-state index in [0.29, 0.717) is 38.2 Å². The highest BCUT2D eigenvalue weighted by Gasteiger charge is 2.32. The van der Waals surface area contributed by atoms with Gasteiger partial charge in [-0.25, -0.2) is 4.39 Å². The number of benzene rings is 1. The van der Waals surface area contributed by atoms with E-state index in [0.717, 1.165) is 5.56 Å². The summed E-state index contributed by atoms with van der Waals surface area (Å²) in [5, 5.41) is 0. The highest BCUT2D eigenvalue weighted by Crippen LogP contribution is 2.29. The highest BCUT2D eigenvalue weighted by molar-refractivity contribution is 5.41. The number of nitrogens with two attached hydrogens (primary N) is 1. The van der Waals surface area contributed by atoms with Crippen LogP contribution in [0.2, 0.25) is 0 Å². The Kier molecular flexibility index (Phi) is 2.91. The third-order valence-electron chi connectivity index (χ3n) is 2.86. The van der Waals surface area contributed by atoms with Gasteiger partial charge in [-0.3, -0.25) is 0 Å². The van der Waals surface area contributed by atoms with Gasteiger partial charge in [-0.15, -0.1) is 0 Å². The predicted molar refractivity (Wildman–Crippen MR) is 58.5 cm³/mol. The minimum absolute atomic E-state index is 0.446. The monoisotopic (exact) mass is 209 g/mol. The van der Waals surface area contributed by atoms with Gasteiger partial charge in [0.25, 0.3) is 0 Å². The molecule has 0 aromatic heterocycles. The SMILES string of the molecule is Nc1cccc(CC2(F)CCOCC2)c1. The number of ether oxygens (including phenoxy) is 1. The van der Waals surface area contributed by atoms with Crippen molar-refractivity contribution in [2.24, 2.45) is 0 Å². The maximum Gasteiger partial charge on any atom is 0.119 e. The lowest BCUT2D eigenvalue weighted by atomic mass is 9.89. The molecule has 0 spiro atoms. The van der Waals surface area contributed by atoms with Crippen molar-refractivity contribution in [3.8, 4) is 0 Å². The maximum absolute atomic E-state index is 14.3. The zero-order valence-corrected chi connectivity index (χ0v) is 8.71. The average Bonchev–Trinajstić information content (AvgIpc) is 2.18. The van der Waals surface area contributed by atoms with Gasteiger partial charge in [0.15, 0.2) is 0 Å². The van der Waals surface area contributed by atoms with Gasteiger partial charge < -0.3 is 10.5 Å². The third kappa shape index (κ3) is 2.69. The zero-order chi connectivity index (χ0) is 10.7. The first kappa shape index (κ1) is 10.4. The predicted octanol–water partition coefficient (Wildman–Crippen LogP) is 2.33. The summed E-state index contributed by atoms with van der Waals surface area (Å²) in [6, 6.07) is 7.45. The molecule has 82 valence electrons. The molecule has 1 aliphatic rings. The summed E-state index contributed by atoms with van der Waals surface area (Å²) in [6.45, 7) is 1.05. The number of hydrogen-bond acceptors (Lipinski definition) is 2. The molecule has 1 fully saturated rings. The normalized spacial score (nSPS) is 20.1. The molecule has 2 rings (SSSR count). The Bertz CT molecular complexity index is 334. The molecule has 1 aliphatic heterocycles. The second-order valence-electron chi connectivity index (χ2n) is 4.19. The molecular weight excluding hydrogens is 193 g/mol. The van der Waals surface area contributed by atoms with Crippen molar-refractivity contribution in [3.63, 3.8) is 0 Å². The molecule has 1 heterocycles. The van der Waals surface area contributed by atoms with Gasteiger partial charge in [0.2, 0.25) is 0 Å². The maximum atomic E-state index is 14.3. The molecule has 2 N–H and O–H groups in total. The number of halogens is 1. The molecule has 1 aromatic rings. The van der Waals surface area contributed by atoms with Gasteiger partial charge in [-0.1, -0.05) is 12.1 Å². The van der Waals surface area contributed by atoms with Crippen LogP contribution < -0.4 is 5.73 Å². The van der Waals surface area contributed by atoms with Crippen LogP contribution in [0.1, 0.15) is 18.4 Å². The highest BCUT2D eigenvalue weighted by atomic mass is 19.1. The van der Waals surface area contributed by atoms with Crippen molar-refractivity contribution in [1.29, 1.82) is 0 Å². The van der Waals surface area contributed by atoms with Crippen LogP contribution in [0, 0.1) is 0 Å². The zero-order valence-electron chi connectivity index (χ0n) is 8.71. The summed E-state index contributed by atoms with van der Waals surface area (Å²) in [4.78, 5) is 0. The Balaban J connectivity index is 2.06. The molecule has 0 radical (unpaired) electrons. The van der Waals surface area contributed by atoms with Crippen LogP contribution in [0.3, 0.4) is 0 Å². The lowest BCUT2D eigenvalue weighted by molar-refractivity contribution is -0.00815. The Morgan fingerprint density at radius 1 is 1.33 bits per heavy atom. The Morgan fingerprint density at radius 3 is 2.73 bits per heavy atom. The van der Waals surface area contributed by atoms with Crippen molar-refractivity contribution in [2.75, 3.05) is 18.9 Å². The molecule has 1 aromatic carbocycles. The lowest BCUT2D eigenvalue weighted by Crippen LogP contribution is -2.33. The van der Waals surface area contributed by atoms with Crippen LogP contribution in [-0.2, 0) is 11.2 Å². The van der Waals surface area contributed by atoms with Crippen molar-refractivity contribution in [3.05, 3.63) is 29.8 Å². The summed E-state index contributed by atoms with van der Waals surface area (Å²) in [5.74, 6) is 0. The van der Waals surface area contributed by atoms with E-state index in [1.54, 1.807) is 0 Å². The molecule has 3 heteroatoms. The van der Waals surface area contributed by atoms with Gasteiger partial charge in [-0.05, 0) is 17.7 Å². The molecule has 0 saturated carbocycles. The van der Waals surface area contributed by atoms with Crippen molar-refractivity contribution in [1.82, 2.24) is 0 Å². The van der Waals surface area contributed by atoms with E-state index < -0.39 is 5.67 Å². The van der Waals surface area contributed by atoms with E-state index in [1.165, 1.54) is 0 Å². The molecule has 15 heavy (non-hydrogen) atoms. The topological polar surface area (TPSA) is 35.2 Å². The molecule has 0 atom stereocenters. The molecule has 0 bridgehead atoms. The van der Waals surface area contributed by atoms with E-state index >= 15 is 0 Å². The molecular formula is C12H16FNO. The summed E-state index contributed by atoms with van der Waals surface area (Å²) < 4.78 is 19.4. The van der Waals surface area contributed by atoms with Gasteiger partial charge in [0, 0.05) is 38.2 Å². The van der Waals surface area contributed by atoms with E-state index in [-0.39, 0.29) is 0 Å². The van der Waals surface area contributed by atoms with Gasteiger partial charge in [-0.2, -0.15) is 0 Å². The summed E-state index contributed by atoms with van der Waals surface area (Å²) >= 11 is 0. The van der Waals surface area contributed by atoms with Crippen molar-refractivity contribution >= 4 is 5.69 Å². The van der Waals surface area contributed by atoms with E-state index in [2.05, 4.69) is 0 Å². The largest absolute Gasteiger partial charge is 0.399 e. The van der Waals surface area contributed by atoms with E-state index in [4.69, 9.17) is 10.5 Å². The van der Waals surface area contributed by atoms with Crippen molar-refractivity contribution < 1.29 is 9.13 Å². The summed E-state index contributed by atoms with van der Waals surface area (Å²) in [5.41, 5.74) is 6.22. The fraction of sp³-hybridized carbons (Fsp3) is 0.500. The number of hydrogen-bond donors (Lipinski definition) is 1. The van der Waals surface area contributed by atoms with Crippen LogP contribution >= 0.6 is 0 Å². The van der Waals surface area contributed by atoms with Crippen LogP contribution in [0.25, 0.3) is 0 Å². The van der Waals surface area contributed by atoms with Gasteiger partial charge in [0.1, 0.15) is 5.67 Å². The van der Waals surface area contributed by atoms with E-state index in [1.807, 2.05) is 24.3 Å². The van der Waals surface area contributed by atoms with Crippen LogP contribution in [0.4, 0.5) is 10.1 Å². The fourth-order valence-corrected chi connectivity index (χ4v) is 1.98. The van der Waals surface area contributed by atoms with Crippen LogP contribution in [0.5, 0.6) is 0 Å². The Hall–Kier alpha value is -1.09. The number of anilines is 1. The third-order valence-corrected chi connectivity index (χ3v) is 2.86. The standard InChI is InChI=1S/C12H16FNO/c13-12(4-6-15-7-5-12)9-10-2-1-3-11(14)8-10/h1-3,8H,4-7,9,14H2. The minimum atomic E-state index is -1.11. The average molecular weight is 209 g/mol. The molecule has 2 nitrogen and oxygen atoms in total. The first-order chi connectivity index (χ1) is 7.18.